The number of anilines is 1. The number of amides is 1. The molecule has 1 amide bonds. The van der Waals surface area contributed by atoms with Crippen LogP contribution in [0.2, 0.25) is 0 Å². The van der Waals surface area contributed by atoms with Gasteiger partial charge in [0.05, 0.1) is 17.8 Å². The number of ether oxygens (including phenoxy) is 1. The number of nitrogens with one attached hydrogen (secondary N) is 1. The minimum atomic E-state index is -0.0674. The maximum Gasteiger partial charge on any atom is 0.228 e. The van der Waals surface area contributed by atoms with E-state index in [0.717, 1.165) is 29.2 Å². The Hall–Kier alpha value is -3.15. The number of benzene rings is 1. The van der Waals surface area contributed by atoms with Crippen LogP contribution in [0, 0.1) is 19.8 Å². The number of rotatable bonds is 8. The first-order chi connectivity index (χ1) is 13.9. The van der Waals surface area contributed by atoms with Gasteiger partial charge < -0.3 is 10.1 Å². The first-order valence-corrected chi connectivity index (χ1v) is 9.88. The van der Waals surface area contributed by atoms with Crippen molar-refractivity contribution in [1.29, 1.82) is 0 Å². The van der Waals surface area contributed by atoms with E-state index in [-0.39, 0.29) is 5.91 Å². The number of aryl methyl sites for hydroxylation is 1. The molecule has 152 valence electrons. The lowest BCUT2D eigenvalue weighted by molar-refractivity contribution is -0.115. The number of hydrogen-bond acceptors (Lipinski definition) is 4. The summed E-state index contributed by atoms with van der Waals surface area (Å²) in [5, 5.41) is 7.55. The van der Waals surface area contributed by atoms with Crippen LogP contribution in [0.5, 0.6) is 5.75 Å². The van der Waals surface area contributed by atoms with Crippen LogP contribution in [0.1, 0.15) is 36.5 Å². The molecule has 2 aromatic heterocycles. The van der Waals surface area contributed by atoms with Crippen LogP contribution in [0.4, 0.5) is 5.69 Å². The molecule has 3 rings (SSSR count). The van der Waals surface area contributed by atoms with Crippen LogP contribution in [0.25, 0.3) is 0 Å². The summed E-state index contributed by atoms with van der Waals surface area (Å²) in [6, 6.07) is 13.1. The minimum absolute atomic E-state index is 0.0674. The van der Waals surface area contributed by atoms with Crippen molar-refractivity contribution in [3.8, 4) is 5.75 Å². The summed E-state index contributed by atoms with van der Waals surface area (Å²) < 4.78 is 7.78. The number of hydrogen-bond donors (Lipinski definition) is 1. The predicted molar refractivity (Wildman–Crippen MR) is 114 cm³/mol. The lowest BCUT2D eigenvalue weighted by atomic mass is 10.1. The van der Waals surface area contributed by atoms with E-state index in [1.165, 1.54) is 0 Å². The van der Waals surface area contributed by atoms with E-state index >= 15 is 0 Å². The molecule has 0 bridgehead atoms. The topological polar surface area (TPSA) is 69.0 Å². The van der Waals surface area contributed by atoms with E-state index in [4.69, 9.17) is 4.74 Å². The molecule has 0 radical (unpaired) electrons. The second-order valence-corrected chi connectivity index (χ2v) is 7.59. The molecule has 6 heteroatoms. The zero-order valence-corrected chi connectivity index (χ0v) is 17.5. The predicted octanol–water partition coefficient (Wildman–Crippen LogP) is 4.31. The molecule has 0 unspecified atom stereocenters. The molecule has 0 aliphatic heterocycles. The van der Waals surface area contributed by atoms with Crippen LogP contribution in [-0.2, 0) is 24.4 Å². The van der Waals surface area contributed by atoms with E-state index in [0.29, 0.717) is 30.4 Å². The molecule has 0 fully saturated rings. The SMILES string of the molecule is Cc1nn(CC(C)C)c(C)c1CC(=O)Nc1cccc(OCc2ccccn2)c1. The monoisotopic (exact) mass is 392 g/mol. The fourth-order valence-corrected chi connectivity index (χ4v) is 3.18. The highest BCUT2D eigenvalue weighted by atomic mass is 16.5. The Kier molecular flexibility index (Phi) is 6.65. The van der Waals surface area contributed by atoms with E-state index in [9.17, 15) is 4.79 Å². The third-order valence-electron chi connectivity index (χ3n) is 4.64. The molecule has 0 atom stereocenters. The molecule has 2 heterocycles. The largest absolute Gasteiger partial charge is 0.487 e. The van der Waals surface area contributed by atoms with Gasteiger partial charge in [-0.3, -0.25) is 14.5 Å². The molecule has 29 heavy (non-hydrogen) atoms. The highest BCUT2D eigenvalue weighted by molar-refractivity contribution is 5.92. The fraction of sp³-hybridized carbons (Fsp3) is 0.348. The molecule has 3 aromatic rings. The number of carbonyl (C=O) groups is 1. The Bertz CT molecular complexity index is 964. The lowest BCUT2D eigenvalue weighted by Gasteiger charge is -2.10. The highest BCUT2D eigenvalue weighted by Gasteiger charge is 2.16. The third-order valence-corrected chi connectivity index (χ3v) is 4.64. The van der Waals surface area contributed by atoms with Crippen molar-refractivity contribution < 1.29 is 9.53 Å². The molecule has 0 saturated heterocycles. The minimum Gasteiger partial charge on any atom is -0.487 e. The molecule has 0 saturated carbocycles. The number of aromatic nitrogens is 3. The van der Waals surface area contributed by atoms with Crippen molar-refractivity contribution in [2.75, 3.05) is 5.32 Å². The van der Waals surface area contributed by atoms with Crippen molar-refractivity contribution in [2.24, 2.45) is 5.92 Å². The smallest absolute Gasteiger partial charge is 0.228 e. The number of pyridine rings is 1. The summed E-state index contributed by atoms with van der Waals surface area (Å²) in [6.45, 7) is 9.53. The fourth-order valence-electron chi connectivity index (χ4n) is 3.18. The number of carbonyl (C=O) groups excluding carboxylic acids is 1. The molecule has 1 N–H and O–H groups in total. The van der Waals surface area contributed by atoms with Gasteiger partial charge in [0, 0.05) is 35.8 Å². The van der Waals surface area contributed by atoms with Gasteiger partial charge in [-0.1, -0.05) is 26.0 Å². The number of nitrogens with zero attached hydrogens (tertiary/aromatic N) is 3. The van der Waals surface area contributed by atoms with Gasteiger partial charge in [-0.15, -0.1) is 0 Å². The van der Waals surface area contributed by atoms with Crippen molar-refractivity contribution >= 4 is 11.6 Å². The quantitative estimate of drug-likeness (QED) is 0.620. The Morgan fingerprint density at radius 1 is 1.17 bits per heavy atom. The maximum atomic E-state index is 12.6. The molecular weight excluding hydrogens is 364 g/mol. The van der Waals surface area contributed by atoms with Gasteiger partial charge in [0.15, 0.2) is 0 Å². The van der Waals surface area contributed by atoms with Crippen LogP contribution in [0.15, 0.2) is 48.7 Å². The van der Waals surface area contributed by atoms with Crippen molar-refractivity contribution in [3.63, 3.8) is 0 Å². The molecule has 6 nitrogen and oxygen atoms in total. The van der Waals surface area contributed by atoms with Gasteiger partial charge in [0.1, 0.15) is 12.4 Å². The molecular formula is C23H28N4O2. The van der Waals surface area contributed by atoms with E-state index in [1.54, 1.807) is 6.20 Å². The second kappa shape index (κ2) is 9.37. The zero-order valence-electron chi connectivity index (χ0n) is 17.5. The highest BCUT2D eigenvalue weighted by Crippen LogP contribution is 2.20. The lowest BCUT2D eigenvalue weighted by Crippen LogP contribution is -2.15. The summed E-state index contributed by atoms with van der Waals surface area (Å²) >= 11 is 0. The third kappa shape index (κ3) is 5.67. The van der Waals surface area contributed by atoms with Gasteiger partial charge in [0.2, 0.25) is 5.91 Å². The van der Waals surface area contributed by atoms with Crippen molar-refractivity contribution in [2.45, 2.75) is 47.3 Å². The first kappa shape index (κ1) is 20.6. The van der Waals surface area contributed by atoms with Crippen LogP contribution in [0.3, 0.4) is 0 Å². The zero-order chi connectivity index (χ0) is 20.8. The van der Waals surface area contributed by atoms with Gasteiger partial charge in [-0.25, -0.2) is 0 Å². The Balaban J connectivity index is 1.62. The Morgan fingerprint density at radius 2 is 2.00 bits per heavy atom. The average molecular weight is 393 g/mol. The molecule has 0 aliphatic carbocycles. The summed E-state index contributed by atoms with van der Waals surface area (Å²) in [4.78, 5) is 16.9. The summed E-state index contributed by atoms with van der Waals surface area (Å²) in [7, 11) is 0. The van der Waals surface area contributed by atoms with Gasteiger partial charge >= 0.3 is 0 Å². The maximum absolute atomic E-state index is 12.6. The van der Waals surface area contributed by atoms with E-state index in [2.05, 4.69) is 29.2 Å². The standard InChI is InChI=1S/C23H28N4O2/c1-16(2)14-27-18(4)22(17(3)26-27)13-23(28)25-19-9-7-10-21(12-19)29-15-20-8-5-6-11-24-20/h5-12,16H,13-15H2,1-4H3,(H,25,28). The summed E-state index contributed by atoms with van der Waals surface area (Å²) in [6.07, 6.45) is 2.04. The molecule has 0 spiro atoms. The Labute approximate surface area is 171 Å². The molecule has 0 aliphatic rings. The normalized spacial score (nSPS) is 10.9. The van der Waals surface area contributed by atoms with Crippen LogP contribution in [-0.4, -0.2) is 20.7 Å². The van der Waals surface area contributed by atoms with Crippen molar-refractivity contribution in [1.82, 2.24) is 14.8 Å². The second-order valence-electron chi connectivity index (χ2n) is 7.59. The van der Waals surface area contributed by atoms with Gasteiger partial charge in [0.25, 0.3) is 0 Å². The van der Waals surface area contributed by atoms with Crippen LogP contribution >= 0.6 is 0 Å². The van der Waals surface area contributed by atoms with Crippen LogP contribution < -0.4 is 10.1 Å². The summed E-state index contributed by atoms with van der Waals surface area (Å²) in [5.74, 6) is 1.12. The van der Waals surface area contributed by atoms with Crippen molar-refractivity contribution in [3.05, 3.63) is 71.3 Å². The Morgan fingerprint density at radius 3 is 2.72 bits per heavy atom. The first-order valence-electron chi connectivity index (χ1n) is 9.88. The summed E-state index contributed by atoms with van der Waals surface area (Å²) in [5.41, 5.74) is 4.51. The molecule has 1 aromatic carbocycles. The van der Waals surface area contributed by atoms with E-state index in [1.807, 2.05) is 61.0 Å². The van der Waals surface area contributed by atoms with E-state index < -0.39 is 0 Å². The van der Waals surface area contributed by atoms with Gasteiger partial charge in [-0.05, 0) is 44.0 Å². The van der Waals surface area contributed by atoms with Gasteiger partial charge in [-0.2, -0.15) is 5.10 Å². The average Bonchev–Trinajstić information content (AvgIpc) is 2.94.